The summed E-state index contributed by atoms with van der Waals surface area (Å²) in [5.74, 6) is -0.895. The fourth-order valence-electron chi connectivity index (χ4n) is 7.90. The van der Waals surface area contributed by atoms with E-state index in [-0.39, 0.29) is 31.1 Å². The van der Waals surface area contributed by atoms with Gasteiger partial charge in [-0.3, -0.25) is 14.4 Å². The summed E-state index contributed by atoms with van der Waals surface area (Å²) in [5.41, 5.74) is 0. The number of hydrogen-bond donors (Lipinski definition) is 0. The van der Waals surface area contributed by atoms with Crippen LogP contribution in [-0.2, 0) is 28.6 Å². The van der Waals surface area contributed by atoms with Crippen molar-refractivity contribution in [3.05, 3.63) is 60.8 Å². The molecule has 382 valence electrons. The van der Waals surface area contributed by atoms with Crippen LogP contribution < -0.4 is 0 Å². The molecule has 1 atom stereocenters. The highest BCUT2D eigenvalue weighted by Crippen LogP contribution is 2.15. The molecule has 0 aliphatic rings. The second-order valence-corrected chi connectivity index (χ2v) is 18.8. The molecule has 0 saturated heterocycles. The van der Waals surface area contributed by atoms with E-state index in [9.17, 15) is 14.4 Å². The molecule has 0 amide bonds. The summed E-state index contributed by atoms with van der Waals surface area (Å²) in [6.07, 6.45) is 67.8. The van der Waals surface area contributed by atoms with E-state index in [0.717, 1.165) is 83.5 Å². The van der Waals surface area contributed by atoms with E-state index in [0.29, 0.717) is 19.3 Å². The van der Waals surface area contributed by atoms with Crippen molar-refractivity contribution >= 4 is 17.9 Å². The lowest BCUT2D eigenvalue weighted by Crippen LogP contribution is -2.30. The second-order valence-electron chi connectivity index (χ2n) is 18.8. The highest BCUT2D eigenvalue weighted by molar-refractivity contribution is 5.71. The highest BCUT2D eigenvalue weighted by Gasteiger charge is 2.19. The van der Waals surface area contributed by atoms with Crippen molar-refractivity contribution in [3.8, 4) is 0 Å². The molecule has 0 saturated carbocycles. The van der Waals surface area contributed by atoms with Crippen LogP contribution in [0.15, 0.2) is 60.8 Å². The molecule has 66 heavy (non-hydrogen) atoms. The number of carbonyl (C=O) groups excluding carboxylic acids is 3. The van der Waals surface area contributed by atoms with E-state index in [2.05, 4.69) is 81.5 Å². The number of allylic oxidation sites excluding steroid dienone is 10. The maximum atomic E-state index is 12.8. The van der Waals surface area contributed by atoms with E-state index in [1.807, 2.05) is 0 Å². The van der Waals surface area contributed by atoms with E-state index in [4.69, 9.17) is 14.2 Å². The van der Waals surface area contributed by atoms with E-state index >= 15 is 0 Å². The minimum absolute atomic E-state index is 0.0816. The molecule has 0 rings (SSSR count). The van der Waals surface area contributed by atoms with E-state index in [1.54, 1.807) is 0 Å². The molecule has 0 aliphatic carbocycles. The van der Waals surface area contributed by atoms with Gasteiger partial charge in [0.25, 0.3) is 0 Å². The Morgan fingerprint density at radius 1 is 0.303 bits per heavy atom. The molecule has 0 heterocycles. The maximum Gasteiger partial charge on any atom is 0.306 e. The van der Waals surface area contributed by atoms with Gasteiger partial charge in [0.05, 0.1) is 0 Å². The van der Waals surface area contributed by atoms with Gasteiger partial charge in [-0.2, -0.15) is 0 Å². The molecule has 0 aromatic heterocycles. The van der Waals surface area contributed by atoms with Gasteiger partial charge >= 0.3 is 17.9 Å². The van der Waals surface area contributed by atoms with Crippen molar-refractivity contribution in [2.75, 3.05) is 13.2 Å². The predicted molar refractivity (Wildman–Crippen MR) is 284 cm³/mol. The lowest BCUT2D eigenvalue weighted by atomic mass is 10.1. The summed E-state index contributed by atoms with van der Waals surface area (Å²) in [6, 6.07) is 0. The molecule has 0 aromatic carbocycles. The summed E-state index contributed by atoms with van der Waals surface area (Å²) in [5, 5.41) is 0. The Morgan fingerprint density at radius 2 is 0.561 bits per heavy atom. The summed E-state index contributed by atoms with van der Waals surface area (Å²) < 4.78 is 16.8. The fourth-order valence-corrected chi connectivity index (χ4v) is 7.90. The van der Waals surface area contributed by atoms with Crippen LogP contribution in [0.5, 0.6) is 0 Å². The minimum atomic E-state index is -0.783. The predicted octanol–water partition coefficient (Wildman–Crippen LogP) is 18.8. The van der Waals surface area contributed by atoms with Crippen molar-refractivity contribution in [2.24, 2.45) is 0 Å². The van der Waals surface area contributed by atoms with Crippen molar-refractivity contribution in [3.63, 3.8) is 0 Å². The zero-order valence-corrected chi connectivity index (χ0v) is 43.7. The Hall–Kier alpha value is -2.89. The summed E-state index contributed by atoms with van der Waals surface area (Å²) >= 11 is 0. The average Bonchev–Trinajstić information content (AvgIpc) is 3.31. The van der Waals surface area contributed by atoms with Crippen LogP contribution in [0.3, 0.4) is 0 Å². The monoisotopic (exact) mass is 923 g/mol. The molecule has 6 heteroatoms. The summed E-state index contributed by atoms with van der Waals surface area (Å²) in [4.78, 5) is 38.1. The van der Waals surface area contributed by atoms with Crippen LogP contribution in [0.25, 0.3) is 0 Å². The van der Waals surface area contributed by atoms with Gasteiger partial charge in [-0.1, -0.05) is 223 Å². The van der Waals surface area contributed by atoms with Crippen LogP contribution in [0.1, 0.15) is 284 Å². The smallest absolute Gasteiger partial charge is 0.306 e. The lowest BCUT2D eigenvalue weighted by molar-refractivity contribution is -0.167. The van der Waals surface area contributed by atoms with Crippen molar-refractivity contribution < 1.29 is 28.6 Å². The molecule has 0 aliphatic heterocycles. The molecule has 6 nitrogen and oxygen atoms in total. The normalized spacial score (nSPS) is 12.5. The van der Waals surface area contributed by atoms with Crippen LogP contribution in [0.4, 0.5) is 0 Å². The van der Waals surface area contributed by atoms with Crippen molar-refractivity contribution in [1.29, 1.82) is 0 Å². The zero-order valence-electron chi connectivity index (χ0n) is 43.7. The highest BCUT2D eigenvalue weighted by atomic mass is 16.6. The Bertz CT molecular complexity index is 1200. The molecule has 0 N–H and O–H groups in total. The number of esters is 3. The molecular weight excluding hydrogens is 817 g/mol. The third-order valence-electron chi connectivity index (χ3n) is 12.2. The number of hydrogen-bond acceptors (Lipinski definition) is 6. The topological polar surface area (TPSA) is 78.9 Å². The van der Waals surface area contributed by atoms with Crippen molar-refractivity contribution in [1.82, 2.24) is 0 Å². The Balaban J connectivity index is 4.35. The SMILES string of the molecule is CCCC/C=C\CCCCCCCC(=O)OCC(COC(=O)CCCCCCCCCCC/C=C\C/C=C\CCCCC)OC(=O)CCCCCCCCC/C=C\C/C=C\CCCCCC. The van der Waals surface area contributed by atoms with Crippen LogP contribution in [0.2, 0.25) is 0 Å². The largest absolute Gasteiger partial charge is 0.462 e. The Morgan fingerprint density at radius 3 is 0.924 bits per heavy atom. The van der Waals surface area contributed by atoms with Gasteiger partial charge in [-0.15, -0.1) is 0 Å². The number of ether oxygens (including phenoxy) is 3. The molecular formula is C60H106O6. The summed E-state index contributed by atoms with van der Waals surface area (Å²) in [7, 11) is 0. The molecule has 0 aromatic rings. The first-order valence-corrected chi connectivity index (χ1v) is 28.3. The van der Waals surface area contributed by atoms with Crippen LogP contribution in [0, 0.1) is 0 Å². The number of carbonyl (C=O) groups is 3. The lowest BCUT2D eigenvalue weighted by Gasteiger charge is -2.18. The van der Waals surface area contributed by atoms with Crippen LogP contribution >= 0.6 is 0 Å². The minimum Gasteiger partial charge on any atom is -0.462 e. The first-order chi connectivity index (χ1) is 32.5. The molecule has 0 radical (unpaired) electrons. The molecule has 0 bridgehead atoms. The first-order valence-electron chi connectivity index (χ1n) is 28.3. The number of rotatable bonds is 51. The first kappa shape index (κ1) is 63.1. The van der Waals surface area contributed by atoms with Gasteiger partial charge < -0.3 is 14.2 Å². The van der Waals surface area contributed by atoms with Gasteiger partial charge in [-0.25, -0.2) is 0 Å². The second kappa shape index (κ2) is 54.7. The van der Waals surface area contributed by atoms with Gasteiger partial charge in [0, 0.05) is 19.3 Å². The Labute approximate surface area is 409 Å². The molecule has 0 fully saturated rings. The Kier molecular flexibility index (Phi) is 52.3. The van der Waals surface area contributed by atoms with Crippen molar-refractivity contribution in [2.45, 2.75) is 290 Å². The molecule has 1 unspecified atom stereocenters. The third kappa shape index (κ3) is 52.1. The van der Waals surface area contributed by atoms with E-state index in [1.165, 1.54) is 161 Å². The van der Waals surface area contributed by atoms with Crippen LogP contribution in [-0.4, -0.2) is 37.2 Å². The fraction of sp³-hybridized carbons (Fsp3) is 0.783. The summed E-state index contributed by atoms with van der Waals surface area (Å²) in [6.45, 7) is 6.56. The molecule has 0 spiro atoms. The van der Waals surface area contributed by atoms with Gasteiger partial charge in [0.1, 0.15) is 13.2 Å². The average molecular weight is 924 g/mol. The van der Waals surface area contributed by atoms with Gasteiger partial charge in [0.15, 0.2) is 6.10 Å². The van der Waals surface area contributed by atoms with Gasteiger partial charge in [0.2, 0.25) is 0 Å². The zero-order chi connectivity index (χ0) is 47.9. The maximum absolute atomic E-state index is 12.8. The number of unbranched alkanes of at least 4 members (excludes halogenated alkanes) is 30. The van der Waals surface area contributed by atoms with Gasteiger partial charge in [-0.05, 0) is 103 Å². The van der Waals surface area contributed by atoms with E-state index < -0.39 is 6.10 Å². The quantitative estimate of drug-likeness (QED) is 0.0262. The standard InChI is InChI=1S/C60H106O6/c1-4-7-10-13-16-19-22-24-26-28-30-32-33-35-38-41-44-47-50-53-59(62)65-56-57(55-64-58(61)52-49-46-43-40-37-21-18-15-12-9-6-3)66-60(63)54-51-48-45-42-39-36-34-31-29-27-25-23-20-17-14-11-8-5-2/h15-16,18-20,23-24,26-27,29,57H,4-14,17,21-22,25,28,30-56H2,1-3H3/b18-15-,19-16-,23-20-,26-24-,29-27-. The third-order valence-corrected chi connectivity index (χ3v) is 12.2.